The molecule has 1 aliphatic heterocycles. The van der Waals surface area contributed by atoms with E-state index >= 15 is 0 Å². The number of rotatable bonds is 7. The molecule has 1 fully saturated rings. The maximum Gasteiger partial charge on any atom is 0.193 e. The minimum atomic E-state index is -0.201. The molecule has 0 aromatic heterocycles. The summed E-state index contributed by atoms with van der Waals surface area (Å²) in [5.74, 6) is 0.664. The smallest absolute Gasteiger partial charge is 0.193 e. The van der Waals surface area contributed by atoms with Crippen LogP contribution in [0.2, 0.25) is 0 Å². The highest BCUT2D eigenvalue weighted by molar-refractivity contribution is 5.79. The third kappa shape index (κ3) is 6.45. The molecule has 0 unspecified atom stereocenters. The van der Waals surface area contributed by atoms with E-state index in [4.69, 9.17) is 9.73 Å². The Morgan fingerprint density at radius 3 is 2.88 bits per heavy atom. The minimum absolute atomic E-state index is 0.201. The number of hydrogen-bond donors (Lipinski definition) is 1. The van der Waals surface area contributed by atoms with E-state index < -0.39 is 0 Å². The van der Waals surface area contributed by atoms with Crippen LogP contribution < -0.4 is 5.32 Å². The molecule has 0 bridgehead atoms. The number of hydrogen-bond acceptors (Lipinski definition) is 3. The van der Waals surface area contributed by atoms with E-state index in [1.54, 1.807) is 12.1 Å². The van der Waals surface area contributed by atoms with Gasteiger partial charge in [0.05, 0.1) is 13.2 Å². The van der Waals surface area contributed by atoms with Crippen LogP contribution in [0.5, 0.6) is 0 Å². The Kier molecular flexibility index (Phi) is 7.98. The molecule has 5 nitrogen and oxygen atoms in total. The molecule has 0 saturated carbocycles. The largest absolute Gasteiger partial charge is 0.379 e. The van der Waals surface area contributed by atoms with Gasteiger partial charge in [0.1, 0.15) is 5.82 Å². The molecule has 1 N–H and O–H groups in total. The van der Waals surface area contributed by atoms with Crippen LogP contribution in [0.25, 0.3) is 0 Å². The molecular formula is C18H29FN4O. The number of morpholine rings is 1. The average Bonchev–Trinajstić information content (AvgIpc) is 2.58. The fourth-order valence-electron chi connectivity index (χ4n) is 2.76. The highest BCUT2D eigenvalue weighted by Crippen LogP contribution is 2.06. The molecule has 1 heterocycles. The third-order valence-corrected chi connectivity index (χ3v) is 4.00. The van der Waals surface area contributed by atoms with Gasteiger partial charge in [0.2, 0.25) is 0 Å². The molecule has 2 rings (SSSR count). The number of guanidine groups is 1. The highest BCUT2D eigenvalue weighted by atomic mass is 19.1. The lowest BCUT2D eigenvalue weighted by atomic mass is 10.2. The molecule has 24 heavy (non-hydrogen) atoms. The molecule has 0 atom stereocenters. The Morgan fingerprint density at radius 1 is 1.38 bits per heavy atom. The summed E-state index contributed by atoms with van der Waals surface area (Å²) in [5.41, 5.74) is 0.941. The third-order valence-electron chi connectivity index (χ3n) is 4.00. The first-order valence-corrected chi connectivity index (χ1v) is 8.73. The highest BCUT2D eigenvalue weighted by Gasteiger charge is 2.10. The number of halogens is 1. The van der Waals surface area contributed by atoms with Crippen LogP contribution >= 0.6 is 0 Å². The summed E-state index contributed by atoms with van der Waals surface area (Å²) in [6.45, 7) is 9.05. The van der Waals surface area contributed by atoms with Gasteiger partial charge in [-0.2, -0.15) is 0 Å². The minimum Gasteiger partial charge on any atom is -0.379 e. The Hall–Kier alpha value is -1.66. The molecule has 134 valence electrons. The molecule has 0 spiro atoms. The van der Waals surface area contributed by atoms with Gasteiger partial charge in [-0.3, -0.25) is 9.89 Å². The molecule has 6 heteroatoms. The predicted molar refractivity (Wildman–Crippen MR) is 95.7 cm³/mol. The van der Waals surface area contributed by atoms with E-state index in [0.29, 0.717) is 6.54 Å². The van der Waals surface area contributed by atoms with Gasteiger partial charge in [0.25, 0.3) is 0 Å². The number of benzene rings is 1. The second-order valence-corrected chi connectivity index (χ2v) is 6.03. The van der Waals surface area contributed by atoms with E-state index in [-0.39, 0.29) is 5.82 Å². The van der Waals surface area contributed by atoms with Crippen molar-refractivity contribution in [2.45, 2.75) is 19.9 Å². The lowest BCUT2D eigenvalue weighted by molar-refractivity contribution is 0.0377. The van der Waals surface area contributed by atoms with Crippen molar-refractivity contribution in [3.05, 3.63) is 35.6 Å². The van der Waals surface area contributed by atoms with Gasteiger partial charge >= 0.3 is 0 Å². The van der Waals surface area contributed by atoms with Crippen LogP contribution in [0.4, 0.5) is 4.39 Å². The zero-order chi connectivity index (χ0) is 17.2. The van der Waals surface area contributed by atoms with Gasteiger partial charge in [0.15, 0.2) is 5.96 Å². The molecule has 1 aromatic rings. The van der Waals surface area contributed by atoms with Crippen LogP contribution in [-0.4, -0.2) is 68.7 Å². The quantitative estimate of drug-likeness (QED) is 0.469. The SMILES string of the molecule is CCNC(=NCCCN1CCOCC1)N(C)Cc1cccc(F)c1. The summed E-state index contributed by atoms with van der Waals surface area (Å²) in [4.78, 5) is 9.15. The van der Waals surface area contributed by atoms with Crippen molar-refractivity contribution >= 4 is 5.96 Å². The van der Waals surface area contributed by atoms with Gasteiger partial charge in [-0.1, -0.05) is 12.1 Å². The fourth-order valence-corrected chi connectivity index (χ4v) is 2.76. The monoisotopic (exact) mass is 336 g/mol. The Morgan fingerprint density at radius 2 is 2.17 bits per heavy atom. The first-order chi connectivity index (χ1) is 11.7. The average molecular weight is 336 g/mol. The Labute approximate surface area is 144 Å². The van der Waals surface area contributed by atoms with Gasteiger partial charge in [-0.25, -0.2) is 4.39 Å². The van der Waals surface area contributed by atoms with Crippen molar-refractivity contribution in [3.63, 3.8) is 0 Å². The molecule has 1 aliphatic rings. The van der Waals surface area contributed by atoms with E-state index in [1.165, 1.54) is 6.07 Å². The van der Waals surface area contributed by atoms with Crippen molar-refractivity contribution in [1.82, 2.24) is 15.1 Å². The molecule has 0 amide bonds. The summed E-state index contributed by atoms with van der Waals surface area (Å²) in [5, 5.41) is 3.30. The van der Waals surface area contributed by atoms with Crippen molar-refractivity contribution in [2.24, 2.45) is 4.99 Å². The lowest BCUT2D eigenvalue weighted by Crippen LogP contribution is -2.39. The summed E-state index contributed by atoms with van der Waals surface area (Å²) in [6.07, 6.45) is 1.03. The summed E-state index contributed by atoms with van der Waals surface area (Å²) >= 11 is 0. The maximum absolute atomic E-state index is 13.3. The Balaban J connectivity index is 1.82. The number of nitrogens with zero attached hydrogens (tertiary/aromatic N) is 3. The van der Waals surface area contributed by atoms with E-state index in [2.05, 4.69) is 17.1 Å². The van der Waals surface area contributed by atoms with Crippen molar-refractivity contribution in [3.8, 4) is 0 Å². The van der Waals surface area contributed by atoms with Crippen LogP contribution in [-0.2, 0) is 11.3 Å². The van der Waals surface area contributed by atoms with Crippen LogP contribution in [0, 0.1) is 5.82 Å². The van der Waals surface area contributed by atoms with Crippen molar-refractivity contribution < 1.29 is 9.13 Å². The number of aliphatic imine (C=N–C) groups is 1. The first-order valence-electron chi connectivity index (χ1n) is 8.73. The molecule has 0 radical (unpaired) electrons. The maximum atomic E-state index is 13.3. The zero-order valence-electron chi connectivity index (χ0n) is 14.8. The van der Waals surface area contributed by atoms with Gasteiger partial charge in [-0.15, -0.1) is 0 Å². The van der Waals surface area contributed by atoms with Crippen LogP contribution in [0.3, 0.4) is 0 Å². The Bertz CT molecular complexity index is 517. The predicted octanol–water partition coefficient (Wildman–Crippen LogP) is 1.95. The topological polar surface area (TPSA) is 40.1 Å². The van der Waals surface area contributed by atoms with Crippen molar-refractivity contribution in [1.29, 1.82) is 0 Å². The molecular weight excluding hydrogens is 307 g/mol. The second kappa shape index (κ2) is 10.3. The summed E-state index contributed by atoms with van der Waals surface area (Å²) < 4.78 is 18.7. The van der Waals surface area contributed by atoms with E-state index in [9.17, 15) is 4.39 Å². The standard InChI is InChI=1S/C18H29FN4O/c1-3-20-18(21-8-5-9-23-10-12-24-13-11-23)22(2)15-16-6-4-7-17(19)14-16/h4,6-7,14H,3,5,8-13,15H2,1-2H3,(H,20,21). The summed E-state index contributed by atoms with van der Waals surface area (Å²) in [7, 11) is 1.98. The fraction of sp³-hybridized carbons (Fsp3) is 0.611. The number of nitrogens with one attached hydrogen (secondary N) is 1. The summed E-state index contributed by atoms with van der Waals surface area (Å²) in [6, 6.07) is 6.71. The molecule has 0 aliphatic carbocycles. The number of ether oxygens (including phenoxy) is 1. The van der Waals surface area contributed by atoms with Crippen molar-refractivity contribution in [2.75, 3.05) is 53.0 Å². The lowest BCUT2D eigenvalue weighted by Gasteiger charge is -2.26. The van der Waals surface area contributed by atoms with Gasteiger partial charge in [-0.05, 0) is 31.0 Å². The first kappa shape index (κ1) is 18.7. The second-order valence-electron chi connectivity index (χ2n) is 6.03. The molecule has 1 aromatic carbocycles. The van der Waals surface area contributed by atoms with Gasteiger partial charge < -0.3 is 15.0 Å². The normalized spacial score (nSPS) is 16.2. The van der Waals surface area contributed by atoms with E-state index in [1.807, 2.05) is 18.0 Å². The van der Waals surface area contributed by atoms with E-state index in [0.717, 1.165) is 63.9 Å². The molecule has 1 saturated heterocycles. The van der Waals surface area contributed by atoms with Gasteiger partial charge in [0, 0.05) is 46.3 Å². The zero-order valence-corrected chi connectivity index (χ0v) is 14.8. The van der Waals surface area contributed by atoms with Crippen LogP contribution in [0.15, 0.2) is 29.3 Å². The van der Waals surface area contributed by atoms with Crippen LogP contribution in [0.1, 0.15) is 18.9 Å².